The van der Waals surface area contributed by atoms with Crippen LogP contribution in [0.2, 0.25) is 0 Å². The van der Waals surface area contributed by atoms with Gasteiger partial charge in [0, 0.05) is 51.5 Å². The number of anilines is 1. The molecule has 9 nitrogen and oxygen atoms in total. The Morgan fingerprint density at radius 2 is 2.00 bits per heavy atom. The SMILES string of the molecule is COc1cccc(N2CCN(Cn3c(=O)c4c(ncn4C)n(C)c3=O)CC2C)c1. The van der Waals surface area contributed by atoms with Crippen LogP contribution in [0.25, 0.3) is 11.2 Å². The van der Waals surface area contributed by atoms with Crippen molar-refractivity contribution in [3.63, 3.8) is 0 Å². The van der Waals surface area contributed by atoms with Gasteiger partial charge in [-0.3, -0.25) is 14.3 Å². The van der Waals surface area contributed by atoms with E-state index in [0.29, 0.717) is 11.2 Å². The van der Waals surface area contributed by atoms with Gasteiger partial charge in [0.1, 0.15) is 5.75 Å². The lowest BCUT2D eigenvalue weighted by Crippen LogP contribution is -2.54. The molecule has 0 aliphatic carbocycles. The molecule has 1 unspecified atom stereocenters. The largest absolute Gasteiger partial charge is 0.497 e. The maximum atomic E-state index is 12.9. The molecular formula is C20H26N6O3. The van der Waals surface area contributed by atoms with Crippen LogP contribution >= 0.6 is 0 Å². The van der Waals surface area contributed by atoms with Crippen LogP contribution in [0.15, 0.2) is 40.2 Å². The smallest absolute Gasteiger partial charge is 0.333 e. The third-order valence-corrected chi connectivity index (χ3v) is 5.64. The Hall–Kier alpha value is -3.07. The van der Waals surface area contributed by atoms with Crippen molar-refractivity contribution < 1.29 is 4.74 Å². The summed E-state index contributed by atoms with van der Waals surface area (Å²) in [7, 11) is 5.08. The van der Waals surface area contributed by atoms with Crippen LogP contribution in [0.3, 0.4) is 0 Å². The van der Waals surface area contributed by atoms with E-state index >= 15 is 0 Å². The van der Waals surface area contributed by atoms with Crippen LogP contribution in [0, 0.1) is 0 Å². The number of fused-ring (bicyclic) bond motifs is 1. The average molecular weight is 398 g/mol. The second-order valence-corrected chi connectivity index (χ2v) is 7.56. The molecule has 2 aromatic heterocycles. The van der Waals surface area contributed by atoms with Gasteiger partial charge >= 0.3 is 5.69 Å². The summed E-state index contributed by atoms with van der Waals surface area (Å²) in [5.74, 6) is 0.830. The van der Waals surface area contributed by atoms with Crippen molar-refractivity contribution in [3.8, 4) is 5.75 Å². The molecule has 3 aromatic rings. The number of nitrogens with zero attached hydrogens (tertiary/aromatic N) is 6. The van der Waals surface area contributed by atoms with Crippen molar-refractivity contribution in [2.45, 2.75) is 19.6 Å². The number of methoxy groups -OCH3 is 1. The first-order valence-electron chi connectivity index (χ1n) is 9.64. The lowest BCUT2D eigenvalue weighted by atomic mass is 10.1. The van der Waals surface area contributed by atoms with Gasteiger partial charge in [0.05, 0.1) is 20.1 Å². The van der Waals surface area contributed by atoms with Gasteiger partial charge in [-0.1, -0.05) is 6.07 Å². The van der Waals surface area contributed by atoms with E-state index in [-0.39, 0.29) is 24.0 Å². The lowest BCUT2D eigenvalue weighted by Gasteiger charge is -2.41. The number of hydrogen-bond acceptors (Lipinski definition) is 6. The molecule has 4 rings (SSSR count). The number of aromatic nitrogens is 4. The first-order chi connectivity index (χ1) is 13.9. The molecule has 0 bridgehead atoms. The minimum Gasteiger partial charge on any atom is -0.497 e. The van der Waals surface area contributed by atoms with Crippen molar-refractivity contribution in [3.05, 3.63) is 51.4 Å². The third kappa shape index (κ3) is 3.31. The highest BCUT2D eigenvalue weighted by Gasteiger charge is 2.25. The number of benzene rings is 1. The zero-order chi connectivity index (χ0) is 20.7. The van der Waals surface area contributed by atoms with Crippen molar-refractivity contribution in [2.75, 3.05) is 31.6 Å². The fourth-order valence-corrected chi connectivity index (χ4v) is 4.06. The minimum atomic E-state index is -0.343. The highest BCUT2D eigenvalue weighted by molar-refractivity contribution is 5.69. The van der Waals surface area contributed by atoms with E-state index in [9.17, 15) is 9.59 Å². The molecule has 154 valence electrons. The molecule has 29 heavy (non-hydrogen) atoms. The monoisotopic (exact) mass is 398 g/mol. The molecule has 9 heteroatoms. The second kappa shape index (κ2) is 7.40. The van der Waals surface area contributed by atoms with E-state index in [4.69, 9.17) is 4.74 Å². The number of imidazole rings is 1. The first-order valence-corrected chi connectivity index (χ1v) is 9.64. The van der Waals surface area contributed by atoms with Crippen molar-refractivity contribution in [1.82, 2.24) is 23.6 Å². The predicted molar refractivity (Wildman–Crippen MR) is 112 cm³/mol. The molecule has 1 aliphatic rings. The molecule has 0 amide bonds. The van der Waals surface area contributed by atoms with Crippen LogP contribution in [0.4, 0.5) is 5.69 Å². The van der Waals surface area contributed by atoms with Crippen LogP contribution < -0.4 is 20.9 Å². The van der Waals surface area contributed by atoms with Gasteiger partial charge < -0.3 is 14.2 Å². The van der Waals surface area contributed by atoms with Gasteiger partial charge in [-0.15, -0.1) is 0 Å². The summed E-state index contributed by atoms with van der Waals surface area (Å²) in [6.45, 7) is 4.72. The Labute approximate surface area is 168 Å². The van der Waals surface area contributed by atoms with E-state index < -0.39 is 0 Å². The predicted octanol–water partition coefficient (Wildman–Crippen LogP) is 0.611. The molecule has 1 fully saturated rings. The summed E-state index contributed by atoms with van der Waals surface area (Å²) in [6.07, 6.45) is 1.56. The second-order valence-electron chi connectivity index (χ2n) is 7.56. The van der Waals surface area contributed by atoms with Gasteiger partial charge in [-0.05, 0) is 19.1 Å². The van der Waals surface area contributed by atoms with E-state index in [0.717, 1.165) is 31.1 Å². The molecule has 1 aliphatic heterocycles. The summed E-state index contributed by atoms with van der Waals surface area (Å²) in [5.41, 5.74) is 1.32. The highest BCUT2D eigenvalue weighted by atomic mass is 16.5. The number of hydrogen-bond donors (Lipinski definition) is 0. The zero-order valence-corrected chi connectivity index (χ0v) is 17.2. The molecular weight excluding hydrogens is 372 g/mol. The van der Waals surface area contributed by atoms with Crippen molar-refractivity contribution >= 4 is 16.9 Å². The molecule has 0 saturated carbocycles. The van der Waals surface area contributed by atoms with Gasteiger partial charge in [0.15, 0.2) is 11.2 Å². The average Bonchev–Trinajstić information content (AvgIpc) is 3.11. The Balaban J connectivity index is 1.57. The first kappa shape index (κ1) is 19.3. The maximum Gasteiger partial charge on any atom is 0.333 e. The summed E-state index contributed by atoms with van der Waals surface area (Å²) in [4.78, 5) is 34.3. The quantitative estimate of drug-likeness (QED) is 0.641. The van der Waals surface area contributed by atoms with Crippen LogP contribution in [0.5, 0.6) is 5.75 Å². The number of rotatable bonds is 4. The van der Waals surface area contributed by atoms with Crippen LogP contribution in [-0.2, 0) is 20.8 Å². The van der Waals surface area contributed by atoms with Gasteiger partial charge in [-0.2, -0.15) is 0 Å². The maximum absolute atomic E-state index is 12.9. The summed E-state index contributed by atoms with van der Waals surface area (Å²) < 4.78 is 9.74. The molecule has 0 spiro atoms. The Bertz CT molecular complexity index is 1160. The van der Waals surface area contributed by atoms with Gasteiger partial charge in [-0.25, -0.2) is 14.3 Å². The fourth-order valence-electron chi connectivity index (χ4n) is 4.06. The molecule has 1 atom stereocenters. The summed E-state index contributed by atoms with van der Waals surface area (Å²) >= 11 is 0. The number of ether oxygens (including phenoxy) is 1. The Kier molecular flexibility index (Phi) is 4.91. The highest BCUT2D eigenvalue weighted by Crippen LogP contribution is 2.24. The van der Waals surface area contributed by atoms with E-state index in [1.807, 2.05) is 18.2 Å². The fraction of sp³-hybridized carbons (Fsp3) is 0.450. The summed E-state index contributed by atoms with van der Waals surface area (Å²) in [6, 6.07) is 8.25. The molecule has 0 N–H and O–H groups in total. The summed E-state index contributed by atoms with van der Waals surface area (Å²) in [5, 5.41) is 0. The zero-order valence-electron chi connectivity index (χ0n) is 17.2. The van der Waals surface area contributed by atoms with E-state index in [1.54, 1.807) is 32.1 Å². The molecule has 1 aromatic carbocycles. The van der Waals surface area contributed by atoms with E-state index in [2.05, 4.69) is 27.8 Å². The van der Waals surface area contributed by atoms with Crippen LogP contribution in [-0.4, -0.2) is 56.4 Å². The molecule has 0 radical (unpaired) electrons. The number of aryl methyl sites for hydroxylation is 2. The normalized spacial score (nSPS) is 17.8. The van der Waals surface area contributed by atoms with Crippen molar-refractivity contribution in [1.29, 1.82) is 0 Å². The van der Waals surface area contributed by atoms with E-state index in [1.165, 1.54) is 9.13 Å². The van der Waals surface area contributed by atoms with Gasteiger partial charge in [0.25, 0.3) is 5.56 Å². The molecule has 3 heterocycles. The minimum absolute atomic E-state index is 0.232. The standard InChI is InChI=1S/C20H26N6O3/c1-14-11-24(8-9-25(14)15-6-5-7-16(10-15)29-4)13-26-19(27)17-18(21-12-22(17)2)23(3)20(26)28/h5-7,10,12,14H,8-9,11,13H2,1-4H3. The number of piperazine rings is 1. The third-order valence-electron chi connectivity index (χ3n) is 5.64. The lowest BCUT2D eigenvalue weighted by molar-refractivity contribution is 0.176. The van der Waals surface area contributed by atoms with Crippen LogP contribution in [0.1, 0.15) is 6.92 Å². The molecule has 1 saturated heterocycles. The topological polar surface area (TPSA) is 77.5 Å². The Morgan fingerprint density at radius 1 is 1.21 bits per heavy atom. The van der Waals surface area contributed by atoms with Crippen molar-refractivity contribution in [2.24, 2.45) is 14.1 Å². The Morgan fingerprint density at radius 3 is 2.72 bits per heavy atom. The van der Waals surface area contributed by atoms with Gasteiger partial charge in [0.2, 0.25) is 0 Å².